The van der Waals surface area contributed by atoms with Gasteiger partial charge in [0.1, 0.15) is 0 Å². The summed E-state index contributed by atoms with van der Waals surface area (Å²) < 4.78 is 0.906. The molecule has 100 valence electrons. The lowest BCUT2D eigenvalue weighted by atomic mass is 9.89. The van der Waals surface area contributed by atoms with E-state index >= 15 is 0 Å². The van der Waals surface area contributed by atoms with Gasteiger partial charge in [0.05, 0.1) is 23.1 Å². The van der Waals surface area contributed by atoms with E-state index in [0.29, 0.717) is 5.56 Å². The van der Waals surface area contributed by atoms with Crippen molar-refractivity contribution >= 4 is 21.6 Å². The SMILES string of the molecule is CC(C)(C#N)CCCCNc1ccc(C#N)cc1Br. The minimum absolute atomic E-state index is 0.227. The maximum atomic E-state index is 8.92. The van der Waals surface area contributed by atoms with Crippen molar-refractivity contribution in [1.82, 2.24) is 0 Å². The van der Waals surface area contributed by atoms with E-state index in [0.717, 1.165) is 36.0 Å². The van der Waals surface area contributed by atoms with Gasteiger partial charge in [-0.3, -0.25) is 0 Å². The molecular formula is C15H18BrN3. The Bertz CT molecular complexity index is 509. The average Bonchev–Trinajstić information content (AvgIpc) is 2.39. The molecule has 1 aromatic rings. The van der Waals surface area contributed by atoms with E-state index in [-0.39, 0.29) is 5.41 Å². The summed E-state index contributed by atoms with van der Waals surface area (Å²) in [5.74, 6) is 0. The van der Waals surface area contributed by atoms with Crippen molar-refractivity contribution in [2.24, 2.45) is 5.41 Å². The number of halogens is 1. The second-order valence-electron chi connectivity index (χ2n) is 5.19. The molecule has 1 N–H and O–H groups in total. The Hall–Kier alpha value is -1.52. The zero-order valence-electron chi connectivity index (χ0n) is 11.3. The summed E-state index contributed by atoms with van der Waals surface area (Å²) in [6, 6.07) is 9.93. The molecule has 0 aromatic heterocycles. The Kier molecular flexibility index (Phi) is 5.86. The van der Waals surface area contributed by atoms with Gasteiger partial charge in [-0.15, -0.1) is 0 Å². The fraction of sp³-hybridized carbons (Fsp3) is 0.467. The monoisotopic (exact) mass is 319 g/mol. The molecule has 1 rings (SSSR count). The Morgan fingerprint density at radius 3 is 2.58 bits per heavy atom. The topological polar surface area (TPSA) is 59.6 Å². The predicted molar refractivity (Wildman–Crippen MR) is 80.6 cm³/mol. The maximum absolute atomic E-state index is 8.92. The fourth-order valence-electron chi connectivity index (χ4n) is 1.70. The third-order valence-corrected chi connectivity index (χ3v) is 3.60. The lowest BCUT2D eigenvalue weighted by Crippen LogP contribution is -2.09. The highest BCUT2D eigenvalue weighted by atomic mass is 79.9. The molecule has 1 aromatic carbocycles. The summed E-state index contributed by atoms with van der Waals surface area (Å²) in [6.45, 7) is 4.81. The first kappa shape index (κ1) is 15.5. The molecule has 0 radical (unpaired) electrons. The van der Waals surface area contributed by atoms with Crippen molar-refractivity contribution in [3.63, 3.8) is 0 Å². The van der Waals surface area contributed by atoms with Crippen LogP contribution in [-0.4, -0.2) is 6.54 Å². The molecule has 0 atom stereocenters. The van der Waals surface area contributed by atoms with E-state index in [1.807, 2.05) is 19.9 Å². The van der Waals surface area contributed by atoms with Crippen molar-refractivity contribution in [3.8, 4) is 12.1 Å². The van der Waals surface area contributed by atoms with Gasteiger partial charge in [-0.05, 0) is 60.8 Å². The second-order valence-corrected chi connectivity index (χ2v) is 6.04. The van der Waals surface area contributed by atoms with Gasteiger partial charge in [0.15, 0.2) is 0 Å². The molecular weight excluding hydrogens is 302 g/mol. The molecule has 0 aliphatic heterocycles. The van der Waals surface area contributed by atoms with Crippen LogP contribution < -0.4 is 5.32 Å². The highest BCUT2D eigenvalue weighted by Gasteiger charge is 2.15. The molecule has 0 fully saturated rings. The number of nitrogens with zero attached hydrogens (tertiary/aromatic N) is 2. The summed E-state index contributed by atoms with van der Waals surface area (Å²) in [7, 11) is 0. The number of nitriles is 2. The number of hydrogen-bond donors (Lipinski definition) is 1. The number of benzene rings is 1. The lowest BCUT2D eigenvalue weighted by molar-refractivity contribution is 0.430. The fourth-order valence-corrected chi connectivity index (χ4v) is 2.22. The van der Waals surface area contributed by atoms with Crippen molar-refractivity contribution in [2.75, 3.05) is 11.9 Å². The molecule has 0 heterocycles. The summed E-state index contributed by atoms with van der Waals surface area (Å²) in [6.07, 6.45) is 2.97. The third-order valence-electron chi connectivity index (χ3n) is 2.94. The van der Waals surface area contributed by atoms with Crippen LogP contribution in [-0.2, 0) is 0 Å². The van der Waals surface area contributed by atoms with Gasteiger partial charge in [-0.25, -0.2) is 0 Å². The molecule has 0 aliphatic carbocycles. The quantitative estimate of drug-likeness (QED) is 0.788. The van der Waals surface area contributed by atoms with Crippen molar-refractivity contribution in [2.45, 2.75) is 33.1 Å². The van der Waals surface area contributed by atoms with Crippen LogP contribution in [0.1, 0.15) is 38.7 Å². The molecule has 0 saturated carbocycles. The zero-order chi connectivity index (χ0) is 14.3. The number of unbranched alkanes of at least 4 members (excludes halogenated alkanes) is 1. The minimum atomic E-state index is -0.227. The highest BCUT2D eigenvalue weighted by molar-refractivity contribution is 9.10. The third kappa shape index (κ3) is 5.32. The van der Waals surface area contributed by atoms with Crippen molar-refractivity contribution in [3.05, 3.63) is 28.2 Å². The molecule has 19 heavy (non-hydrogen) atoms. The first-order valence-electron chi connectivity index (χ1n) is 6.33. The molecule has 4 heteroatoms. The van der Waals surface area contributed by atoms with Crippen LogP contribution in [0.5, 0.6) is 0 Å². The standard InChI is InChI=1S/C15H18BrN3/c1-15(2,11-18)7-3-4-8-19-14-6-5-12(10-17)9-13(14)16/h5-6,9,19H,3-4,7-8H2,1-2H3. The highest BCUT2D eigenvalue weighted by Crippen LogP contribution is 2.24. The number of nitrogens with one attached hydrogen (secondary N) is 1. The van der Waals surface area contributed by atoms with Crippen molar-refractivity contribution < 1.29 is 0 Å². The van der Waals surface area contributed by atoms with E-state index < -0.39 is 0 Å². The lowest BCUT2D eigenvalue weighted by Gasteiger charge is -2.14. The Balaban J connectivity index is 2.35. The number of rotatable bonds is 6. The summed E-state index contributed by atoms with van der Waals surface area (Å²) in [4.78, 5) is 0. The normalized spacial score (nSPS) is 10.6. The largest absolute Gasteiger partial charge is 0.384 e. The summed E-state index contributed by atoms with van der Waals surface area (Å²) >= 11 is 3.44. The van der Waals surface area contributed by atoms with Gasteiger partial charge < -0.3 is 5.32 Å². The van der Waals surface area contributed by atoms with Crippen LogP contribution in [0.25, 0.3) is 0 Å². The number of anilines is 1. The minimum Gasteiger partial charge on any atom is -0.384 e. The predicted octanol–water partition coefficient (Wildman–Crippen LogP) is 4.45. The molecule has 0 amide bonds. The first-order valence-corrected chi connectivity index (χ1v) is 7.12. The second kappa shape index (κ2) is 7.16. The van der Waals surface area contributed by atoms with Gasteiger partial charge >= 0.3 is 0 Å². The molecule has 0 aliphatic rings. The van der Waals surface area contributed by atoms with Gasteiger partial charge in [0.2, 0.25) is 0 Å². The molecule has 3 nitrogen and oxygen atoms in total. The van der Waals surface area contributed by atoms with Crippen LogP contribution in [0.2, 0.25) is 0 Å². The van der Waals surface area contributed by atoms with Gasteiger partial charge in [-0.1, -0.05) is 6.42 Å². The van der Waals surface area contributed by atoms with Crippen LogP contribution in [0.4, 0.5) is 5.69 Å². The van der Waals surface area contributed by atoms with Gasteiger partial charge in [-0.2, -0.15) is 10.5 Å². The summed E-state index contributed by atoms with van der Waals surface area (Å²) in [5, 5.41) is 21.0. The van der Waals surface area contributed by atoms with E-state index in [9.17, 15) is 0 Å². The zero-order valence-corrected chi connectivity index (χ0v) is 12.9. The molecule has 0 spiro atoms. The van der Waals surface area contributed by atoms with Crippen LogP contribution in [0.3, 0.4) is 0 Å². The molecule has 0 saturated heterocycles. The van der Waals surface area contributed by atoms with Gasteiger partial charge in [0.25, 0.3) is 0 Å². The Labute approximate surface area is 123 Å². The molecule has 0 unspecified atom stereocenters. The van der Waals surface area contributed by atoms with Crippen molar-refractivity contribution in [1.29, 1.82) is 10.5 Å². The van der Waals surface area contributed by atoms with Crippen LogP contribution in [0.15, 0.2) is 22.7 Å². The summed E-state index contributed by atoms with van der Waals surface area (Å²) in [5.41, 5.74) is 1.42. The van der Waals surface area contributed by atoms with E-state index in [2.05, 4.69) is 33.4 Å². The van der Waals surface area contributed by atoms with Gasteiger partial charge in [0, 0.05) is 16.7 Å². The molecule has 0 bridgehead atoms. The van der Waals surface area contributed by atoms with E-state index in [4.69, 9.17) is 10.5 Å². The Morgan fingerprint density at radius 1 is 1.26 bits per heavy atom. The number of hydrogen-bond acceptors (Lipinski definition) is 3. The Morgan fingerprint density at radius 2 is 2.00 bits per heavy atom. The maximum Gasteiger partial charge on any atom is 0.0992 e. The van der Waals surface area contributed by atoms with E-state index in [1.54, 1.807) is 12.1 Å². The van der Waals surface area contributed by atoms with E-state index in [1.165, 1.54) is 0 Å². The smallest absolute Gasteiger partial charge is 0.0992 e. The van der Waals surface area contributed by atoms with Crippen LogP contribution in [0, 0.1) is 28.1 Å². The first-order chi connectivity index (χ1) is 8.98. The average molecular weight is 320 g/mol. The van der Waals surface area contributed by atoms with Crippen LogP contribution >= 0.6 is 15.9 Å².